The van der Waals surface area contributed by atoms with Crippen LogP contribution in [0.1, 0.15) is 46.9 Å². The van der Waals surface area contributed by atoms with Crippen molar-refractivity contribution in [2.75, 3.05) is 13.7 Å². The molecule has 1 aromatic heterocycles. The molecule has 0 saturated heterocycles. The van der Waals surface area contributed by atoms with E-state index in [9.17, 15) is 23.1 Å². The number of aryl methyl sites for hydroxylation is 1. The fraction of sp³-hybridized carbons (Fsp3) is 0.290. The summed E-state index contributed by atoms with van der Waals surface area (Å²) in [6.45, 7) is 1.87. The lowest BCUT2D eigenvalue weighted by molar-refractivity contribution is -0.140. The molecule has 9 heteroatoms. The molecule has 1 atom stereocenters. The Morgan fingerprint density at radius 1 is 1.02 bits per heavy atom. The van der Waals surface area contributed by atoms with Gasteiger partial charge in [0.05, 0.1) is 35.4 Å². The van der Waals surface area contributed by atoms with E-state index in [4.69, 9.17) is 14.0 Å². The molecule has 40 heavy (non-hydrogen) atoms. The molecule has 0 spiro atoms. The Morgan fingerprint density at radius 3 is 2.23 bits per heavy atom. The Kier molecular flexibility index (Phi) is 7.53. The van der Waals surface area contributed by atoms with Crippen LogP contribution in [-0.4, -0.2) is 29.9 Å². The first-order chi connectivity index (χ1) is 19.1. The standard InChI is InChI=1S/C31H28F3NO5/c1-19-27(26(38-2)18-39-17-20-4-3-5-25(16-20)31(32,33)34)28(40-35-19)23-8-6-21(7-9-23)22-10-12-24(13-11-22)30(14-15-30)29(36)37/h3-13,16,26H,14-15,17-18H2,1-2H3,(H,36,37). The molecule has 0 radical (unpaired) electrons. The number of ether oxygens (including phenoxy) is 2. The highest BCUT2D eigenvalue weighted by atomic mass is 19.4. The summed E-state index contributed by atoms with van der Waals surface area (Å²) in [6, 6.07) is 20.4. The van der Waals surface area contributed by atoms with E-state index in [0.717, 1.165) is 34.4 Å². The first-order valence-corrected chi connectivity index (χ1v) is 12.8. The van der Waals surface area contributed by atoms with E-state index in [1.54, 1.807) is 13.0 Å². The number of halogens is 3. The van der Waals surface area contributed by atoms with Crippen LogP contribution in [0.3, 0.4) is 0 Å². The summed E-state index contributed by atoms with van der Waals surface area (Å²) < 4.78 is 56.1. The van der Waals surface area contributed by atoms with Crippen molar-refractivity contribution < 1.29 is 37.1 Å². The number of hydrogen-bond acceptors (Lipinski definition) is 5. The molecular weight excluding hydrogens is 523 g/mol. The molecule has 1 saturated carbocycles. The molecule has 1 fully saturated rings. The number of carboxylic acids is 1. The van der Waals surface area contributed by atoms with Crippen molar-refractivity contribution >= 4 is 5.97 Å². The van der Waals surface area contributed by atoms with Crippen molar-refractivity contribution in [2.24, 2.45) is 0 Å². The van der Waals surface area contributed by atoms with Gasteiger partial charge in [0.15, 0.2) is 5.76 Å². The number of rotatable bonds is 10. The second kappa shape index (κ2) is 10.9. The minimum Gasteiger partial charge on any atom is -0.481 e. The largest absolute Gasteiger partial charge is 0.481 e. The lowest BCUT2D eigenvalue weighted by Crippen LogP contribution is -2.19. The van der Waals surface area contributed by atoms with Gasteiger partial charge in [-0.2, -0.15) is 13.2 Å². The Balaban J connectivity index is 1.29. The highest BCUT2D eigenvalue weighted by Crippen LogP contribution is 2.48. The van der Waals surface area contributed by atoms with Gasteiger partial charge in [-0.15, -0.1) is 0 Å². The van der Waals surface area contributed by atoms with Crippen LogP contribution in [0.2, 0.25) is 0 Å². The van der Waals surface area contributed by atoms with Gasteiger partial charge >= 0.3 is 12.1 Å². The third-order valence-electron chi connectivity index (χ3n) is 7.38. The van der Waals surface area contributed by atoms with Gasteiger partial charge in [-0.25, -0.2) is 0 Å². The van der Waals surface area contributed by atoms with Gasteiger partial charge in [-0.05, 0) is 54.2 Å². The smallest absolute Gasteiger partial charge is 0.416 e. The molecule has 0 amide bonds. The van der Waals surface area contributed by atoms with Crippen molar-refractivity contribution in [1.29, 1.82) is 0 Å². The average Bonchev–Trinajstić information content (AvgIpc) is 3.68. The Morgan fingerprint density at radius 2 is 1.65 bits per heavy atom. The summed E-state index contributed by atoms with van der Waals surface area (Å²) in [4.78, 5) is 11.6. The fourth-order valence-electron chi connectivity index (χ4n) is 4.90. The number of alkyl halides is 3. The molecule has 1 aliphatic carbocycles. The number of aromatic nitrogens is 1. The summed E-state index contributed by atoms with van der Waals surface area (Å²) >= 11 is 0. The molecule has 1 heterocycles. The summed E-state index contributed by atoms with van der Waals surface area (Å²) in [5.74, 6) is -0.260. The topological polar surface area (TPSA) is 81.8 Å². The number of carbonyl (C=O) groups is 1. The minimum atomic E-state index is -4.42. The molecule has 0 bridgehead atoms. The van der Waals surface area contributed by atoms with Crippen molar-refractivity contribution in [2.45, 2.75) is 44.1 Å². The van der Waals surface area contributed by atoms with Crippen molar-refractivity contribution in [3.05, 3.63) is 101 Å². The van der Waals surface area contributed by atoms with E-state index in [2.05, 4.69) is 5.16 Å². The number of benzene rings is 3. The lowest BCUT2D eigenvalue weighted by Gasteiger charge is -2.17. The summed E-state index contributed by atoms with van der Waals surface area (Å²) in [5.41, 5.74) is 3.79. The van der Waals surface area contributed by atoms with E-state index in [0.29, 0.717) is 35.4 Å². The third kappa shape index (κ3) is 5.52. The van der Waals surface area contributed by atoms with Crippen LogP contribution >= 0.6 is 0 Å². The second-order valence-electron chi connectivity index (χ2n) is 9.99. The van der Waals surface area contributed by atoms with Crippen LogP contribution in [0.25, 0.3) is 22.5 Å². The van der Waals surface area contributed by atoms with E-state index >= 15 is 0 Å². The second-order valence-corrected chi connectivity index (χ2v) is 9.99. The number of aliphatic carboxylic acids is 1. The Bertz CT molecular complexity index is 1490. The molecule has 5 rings (SSSR count). The number of carboxylic acid groups (broad SMARTS) is 1. The van der Waals surface area contributed by atoms with Gasteiger partial charge in [-0.3, -0.25) is 4.79 Å². The lowest BCUT2D eigenvalue weighted by atomic mass is 9.93. The molecule has 1 aliphatic rings. The first kappa shape index (κ1) is 27.6. The Hall–Kier alpha value is -3.95. The molecule has 0 aliphatic heterocycles. The normalized spacial score (nSPS) is 15.1. The maximum atomic E-state index is 13.0. The highest BCUT2D eigenvalue weighted by Gasteiger charge is 2.51. The van der Waals surface area contributed by atoms with Crippen molar-refractivity contribution in [3.63, 3.8) is 0 Å². The average molecular weight is 552 g/mol. The number of nitrogens with zero attached hydrogens (tertiary/aromatic N) is 1. The molecule has 208 valence electrons. The Labute approximate surface area is 229 Å². The van der Waals surface area contributed by atoms with Crippen LogP contribution in [-0.2, 0) is 32.5 Å². The first-order valence-electron chi connectivity index (χ1n) is 12.8. The van der Waals surface area contributed by atoms with Crippen LogP contribution in [0, 0.1) is 6.92 Å². The summed E-state index contributed by atoms with van der Waals surface area (Å²) in [7, 11) is 1.53. The monoisotopic (exact) mass is 551 g/mol. The van der Waals surface area contributed by atoms with E-state index < -0.39 is 29.2 Å². The van der Waals surface area contributed by atoms with Crippen LogP contribution in [0.4, 0.5) is 13.2 Å². The molecule has 4 aromatic rings. The molecule has 1 N–H and O–H groups in total. The quantitative estimate of drug-likeness (QED) is 0.222. The maximum absolute atomic E-state index is 13.0. The molecule has 3 aromatic carbocycles. The van der Waals surface area contributed by atoms with Crippen LogP contribution < -0.4 is 0 Å². The fourth-order valence-corrected chi connectivity index (χ4v) is 4.90. The molecule has 1 unspecified atom stereocenters. The number of methoxy groups -OCH3 is 1. The zero-order valence-electron chi connectivity index (χ0n) is 22.0. The predicted octanol–water partition coefficient (Wildman–Crippen LogP) is 7.36. The summed E-state index contributed by atoms with van der Waals surface area (Å²) in [6.07, 6.45) is -3.65. The maximum Gasteiger partial charge on any atom is 0.416 e. The van der Waals surface area contributed by atoms with Gasteiger partial charge in [0, 0.05) is 12.7 Å². The molecular formula is C31H28F3NO5. The van der Waals surface area contributed by atoms with Crippen LogP contribution in [0.15, 0.2) is 77.3 Å². The van der Waals surface area contributed by atoms with Gasteiger partial charge in [0.2, 0.25) is 0 Å². The van der Waals surface area contributed by atoms with E-state index in [1.807, 2.05) is 48.5 Å². The summed E-state index contributed by atoms with van der Waals surface area (Å²) in [5, 5.41) is 13.6. The van der Waals surface area contributed by atoms with E-state index in [-0.39, 0.29) is 13.2 Å². The zero-order chi connectivity index (χ0) is 28.5. The predicted molar refractivity (Wildman–Crippen MR) is 142 cm³/mol. The van der Waals surface area contributed by atoms with Gasteiger partial charge in [0.1, 0.15) is 6.10 Å². The van der Waals surface area contributed by atoms with E-state index in [1.165, 1.54) is 13.2 Å². The highest BCUT2D eigenvalue weighted by molar-refractivity contribution is 5.85. The van der Waals surface area contributed by atoms with Gasteiger partial charge in [-0.1, -0.05) is 65.8 Å². The van der Waals surface area contributed by atoms with Gasteiger partial charge < -0.3 is 19.1 Å². The minimum absolute atomic E-state index is 0.00941. The van der Waals surface area contributed by atoms with Crippen molar-refractivity contribution in [1.82, 2.24) is 5.16 Å². The number of hydrogen-bond donors (Lipinski definition) is 1. The van der Waals surface area contributed by atoms with Gasteiger partial charge in [0.25, 0.3) is 0 Å². The van der Waals surface area contributed by atoms with Crippen LogP contribution in [0.5, 0.6) is 0 Å². The SMILES string of the molecule is COC(COCc1cccc(C(F)(F)F)c1)c1c(C)noc1-c1ccc(-c2ccc(C3(C(=O)O)CC3)cc2)cc1. The zero-order valence-corrected chi connectivity index (χ0v) is 22.0. The van der Waals surface area contributed by atoms with Crippen molar-refractivity contribution in [3.8, 4) is 22.5 Å². The third-order valence-corrected chi connectivity index (χ3v) is 7.38. The molecule has 6 nitrogen and oxygen atoms in total.